The largest absolute Gasteiger partial charge is 0.384 e. The maximum atomic E-state index is 13.5. The number of nitrogens with zero attached hydrogens (tertiary/aromatic N) is 4. The van der Waals surface area contributed by atoms with E-state index in [0.29, 0.717) is 32.9 Å². The van der Waals surface area contributed by atoms with Gasteiger partial charge >= 0.3 is 0 Å². The fourth-order valence-corrected chi connectivity index (χ4v) is 5.95. The number of rotatable bonds is 5. The number of Topliss-reactive ketones (excluding diaryl/α,β-unsaturated/α-hetero) is 1. The van der Waals surface area contributed by atoms with Gasteiger partial charge in [0.1, 0.15) is 5.82 Å². The van der Waals surface area contributed by atoms with E-state index in [1.165, 1.54) is 23.1 Å². The Bertz CT molecular complexity index is 1240. The van der Waals surface area contributed by atoms with E-state index in [4.69, 9.17) is 23.1 Å². The molecule has 4 rings (SSSR count). The summed E-state index contributed by atoms with van der Waals surface area (Å²) in [5.74, 6) is -0.791. The fraction of sp³-hybridized carbons (Fsp3) is 0.318. The molecule has 0 fully saturated rings. The highest BCUT2D eigenvalue weighted by molar-refractivity contribution is 8.01. The third-order valence-electron chi connectivity index (χ3n) is 5.51. The summed E-state index contributed by atoms with van der Waals surface area (Å²) >= 11 is 8.47. The van der Waals surface area contributed by atoms with Crippen molar-refractivity contribution in [2.24, 2.45) is 16.9 Å². The summed E-state index contributed by atoms with van der Waals surface area (Å²) in [6, 6.07) is 9.32. The lowest BCUT2D eigenvalue weighted by atomic mass is 9.69. The van der Waals surface area contributed by atoms with Crippen molar-refractivity contribution in [2.45, 2.75) is 36.9 Å². The van der Waals surface area contributed by atoms with Gasteiger partial charge in [-0.2, -0.15) is 5.26 Å². The molecule has 1 aliphatic carbocycles. The first-order valence-electron chi connectivity index (χ1n) is 10.1. The van der Waals surface area contributed by atoms with Crippen LogP contribution in [0.25, 0.3) is 0 Å². The lowest BCUT2D eigenvalue weighted by Crippen LogP contribution is -2.42. The molecular weight excluding hydrogens is 480 g/mol. The second kappa shape index (κ2) is 8.82. The molecule has 1 atom stereocenters. The van der Waals surface area contributed by atoms with Crippen LogP contribution in [0.1, 0.15) is 38.2 Å². The summed E-state index contributed by atoms with van der Waals surface area (Å²) in [5.41, 5.74) is 13.8. The number of benzene rings is 1. The van der Waals surface area contributed by atoms with Crippen LogP contribution in [0.15, 0.2) is 51.3 Å². The van der Waals surface area contributed by atoms with Crippen molar-refractivity contribution in [1.82, 2.24) is 10.2 Å². The van der Waals surface area contributed by atoms with Crippen LogP contribution in [0.4, 0.5) is 5.13 Å². The zero-order chi connectivity index (χ0) is 23.9. The molecular formula is C22H21ClN6O2S2. The number of ketones is 1. The smallest absolute Gasteiger partial charge is 0.227 e. The minimum absolute atomic E-state index is 0.0284. The van der Waals surface area contributed by atoms with E-state index >= 15 is 0 Å². The monoisotopic (exact) mass is 500 g/mol. The van der Waals surface area contributed by atoms with Gasteiger partial charge in [-0.3, -0.25) is 14.5 Å². The van der Waals surface area contributed by atoms with Crippen LogP contribution in [0, 0.1) is 16.7 Å². The average molecular weight is 501 g/mol. The second-order valence-electron chi connectivity index (χ2n) is 8.64. The molecule has 2 aromatic rings. The van der Waals surface area contributed by atoms with Crippen LogP contribution in [0.3, 0.4) is 0 Å². The minimum atomic E-state index is -0.584. The summed E-state index contributed by atoms with van der Waals surface area (Å²) in [7, 11) is 0. The number of thioether (sulfide) groups is 1. The number of carbonyl (C=O) groups is 2. The molecule has 1 aromatic carbocycles. The molecule has 0 saturated heterocycles. The van der Waals surface area contributed by atoms with Gasteiger partial charge in [-0.15, -0.1) is 10.2 Å². The van der Waals surface area contributed by atoms with E-state index in [1.54, 1.807) is 17.0 Å². The first-order valence-corrected chi connectivity index (χ1v) is 12.3. The Morgan fingerprint density at radius 3 is 2.67 bits per heavy atom. The maximum absolute atomic E-state index is 13.5. The van der Waals surface area contributed by atoms with Crippen molar-refractivity contribution in [3.05, 3.63) is 57.5 Å². The molecule has 11 heteroatoms. The molecule has 2 heterocycles. The summed E-state index contributed by atoms with van der Waals surface area (Å²) in [6.07, 6.45) is 0.930. The number of halogens is 1. The molecule has 33 heavy (non-hydrogen) atoms. The molecule has 1 amide bonds. The van der Waals surface area contributed by atoms with Gasteiger partial charge in [0.05, 0.1) is 23.3 Å². The maximum Gasteiger partial charge on any atom is 0.227 e. The van der Waals surface area contributed by atoms with Crippen molar-refractivity contribution < 1.29 is 9.59 Å². The van der Waals surface area contributed by atoms with Gasteiger partial charge in [-0.1, -0.05) is 60.7 Å². The molecule has 1 aromatic heterocycles. The number of amides is 1. The molecule has 4 N–H and O–H groups in total. The van der Waals surface area contributed by atoms with Crippen LogP contribution in [-0.2, 0) is 9.59 Å². The zero-order valence-electron chi connectivity index (χ0n) is 18.0. The Labute approximate surface area is 204 Å². The number of hydrogen-bond donors (Lipinski definition) is 2. The Balaban J connectivity index is 1.88. The van der Waals surface area contributed by atoms with Crippen molar-refractivity contribution in [3.8, 4) is 6.07 Å². The standard InChI is InChI=1S/C22H21ClN6O2S2/c1-22(2)7-14-18(15(30)8-22)17(11-3-5-12(23)6-4-11)13(9-24)19(26)29(14)20-27-28-21(33-20)32-10-16(25)31/h3-6,17H,7-8,10,26H2,1-2H3,(H2,25,31). The van der Waals surface area contributed by atoms with Gasteiger partial charge < -0.3 is 11.5 Å². The highest BCUT2D eigenvalue weighted by Gasteiger charge is 2.45. The van der Waals surface area contributed by atoms with Gasteiger partial charge in [0.2, 0.25) is 11.0 Å². The number of hydrogen-bond acceptors (Lipinski definition) is 9. The van der Waals surface area contributed by atoms with Crippen molar-refractivity contribution in [1.29, 1.82) is 5.26 Å². The lowest BCUT2D eigenvalue weighted by Gasteiger charge is -2.42. The predicted octanol–water partition coefficient (Wildman–Crippen LogP) is 3.71. The van der Waals surface area contributed by atoms with Crippen LogP contribution in [0.5, 0.6) is 0 Å². The van der Waals surface area contributed by atoms with Crippen LogP contribution >= 0.6 is 34.7 Å². The Hall–Kier alpha value is -2.87. The number of anilines is 1. The number of carbonyl (C=O) groups excluding carboxylic acids is 2. The van der Waals surface area contributed by atoms with E-state index in [2.05, 4.69) is 16.3 Å². The van der Waals surface area contributed by atoms with Crippen molar-refractivity contribution in [2.75, 3.05) is 10.7 Å². The van der Waals surface area contributed by atoms with E-state index in [-0.39, 0.29) is 28.3 Å². The van der Waals surface area contributed by atoms with E-state index in [9.17, 15) is 14.9 Å². The van der Waals surface area contributed by atoms with Crippen LogP contribution in [-0.4, -0.2) is 27.6 Å². The molecule has 0 bridgehead atoms. The SMILES string of the molecule is CC1(C)CC(=O)C2=C(C1)N(c1nnc(SCC(N)=O)s1)C(N)=C(C#N)C2c1ccc(Cl)cc1. The molecule has 2 aliphatic rings. The summed E-state index contributed by atoms with van der Waals surface area (Å²) < 4.78 is 0.540. The van der Waals surface area contributed by atoms with Gasteiger partial charge in [0.25, 0.3) is 0 Å². The number of primary amides is 1. The van der Waals surface area contributed by atoms with E-state index in [0.717, 1.165) is 11.3 Å². The Morgan fingerprint density at radius 1 is 1.33 bits per heavy atom. The topological polar surface area (TPSA) is 139 Å². The third kappa shape index (κ3) is 4.49. The molecule has 170 valence electrons. The van der Waals surface area contributed by atoms with Gasteiger partial charge in [-0.05, 0) is 29.5 Å². The van der Waals surface area contributed by atoms with Crippen LogP contribution in [0.2, 0.25) is 5.02 Å². The van der Waals surface area contributed by atoms with Crippen molar-refractivity contribution in [3.63, 3.8) is 0 Å². The number of aromatic nitrogens is 2. The van der Waals surface area contributed by atoms with E-state index < -0.39 is 11.8 Å². The third-order valence-corrected chi connectivity index (χ3v) is 7.83. The highest BCUT2D eigenvalue weighted by atomic mass is 35.5. The molecule has 8 nitrogen and oxygen atoms in total. The van der Waals surface area contributed by atoms with Gasteiger partial charge in [0, 0.05) is 22.7 Å². The predicted molar refractivity (Wildman–Crippen MR) is 128 cm³/mol. The normalized spacial score (nSPS) is 20.0. The lowest BCUT2D eigenvalue weighted by molar-refractivity contribution is -0.118. The second-order valence-corrected chi connectivity index (χ2v) is 11.3. The number of nitrogens with two attached hydrogens (primary N) is 2. The molecule has 1 unspecified atom stereocenters. The zero-order valence-corrected chi connectivity index (χ0v) is 20.4. The Kier molecular flexibility index (Phi) is 6.22. The highest BCUT2D eigenvalue weighted by Crippen LogP contribution is 2.50. The summed E-state index contributed by atoms with van der Waals surface area (Å²) in [5, 5.41) is 19.4. The number of nitriles is 1. The molecule has 0 radical (unpaired) electrons. The fourth-order valence-electron chi connectivity index (χ4n) is 4.20. The molecule has 0 saturated carbocycles. The number of allylic oxidation sites excluding steroid dienone is 3. The van der Waals surface area contributed by atoms with Gasteiger partial charge in [0.15, 0.2) is 10.1 Å². The first-order chi connectivity index (χ1) is 15.6. The van der Waals surface area contributed by atoms with Crippen LogP contribution < -0.4 is 16.4 Å². The Morgan fingerprint density at radius 2 is 2.03 bits per heavy atom. The van der Waals surface area contributed by atoms with E-state index in [1.807, 2.05) is 26.0 Å². The quantitative estimate of drug-likeness (QED) is 0.592. The molecule has 1 aliphatic heterocycles. The average Bonchev–Trinajstić information content (AvgIpc) is 3.19. The summed E-state index contributed by atoms with van der Waals surface area (Å²) in [4.78, 5) is 26.3. The first kappa shape index (κ1) is 23.3. The van der Waals surface area contributed by atoms with Gasteiger partial charge in [-0.25, -0.2) is 0 Å². The minimum Gasteiger partial charge on any atom is -0.384 e. The molecule has 0 spiro atoms. The van der Waals surface area contributed by atoms with Crippen molar-refractivity contribution >= 4 is 51.5 Å². The summed E-state index contributed by atoms with van der Waals surface area (Å²) in [6.45, 7) is 4.05.